The van der Waals surface area contributed by atoms with E-state index in [1.807, 2.05) is 84.9 Å². The third-order valence-electron chi connectivity index (χ3n) is 4.76. The molecule has 0 fully saturated rings. The van der Waals surface area contributed by atoms with Crippen LogP contribution < -0.4 is 0 Å². The maximum atomic E-state index is 10.5. The highest BCUT2D eigenvalue weighted by Gasteiger charge is 2.15. The predicted molar refractivity (Wildman–Crippen MR) is 110 cm³/mol. The molecule has 0 spiro atoms. The van der Waals surface area contributed by atoms with Crippen LogP contribution in [0.5, 0.6) is 11.5 Å². The summed E-state index contributed by atoms with van der Waals surface area (Å²) in [6.45, 7) is 0. The zero-order chi connectivity index (χ0) is 18.6. The minimum absolute atomic E-state index is 0.264. The average Bonchev–Trinajstić information content (AvgIpc) is 2.70. The van der Waals surface area contributed by atoms with E-state index in [1.165, 1.54) is 0 Å². The van der Waals surface area contributed by atoms with Crippen molar-refractivity contribution in [3.8, 4) is 33.8 Å². The Labute approximate surface area is 159 Å². The van der Waals surface area contributed by atoms with Crippen LogP contribution in [0, 0.1) is 0 Å². The lowest BCUT2D eigenvalue weighted by Crippen LogP contribution is -1.96. The van der Waals surface area contributed by atoms with Gasteiger partial charge in [0, 0.05) is 11.1 Å². The fourth-order valence-electron chi connectivity index (χ4n) is 3.55. The molecule has 0 unspecified atom stereocenters. The zero-order valence-corrected chi connectivity index (χ0v) is 14.8. The molecule has 0 aliphatic rings. The van der Waals surface area contributed by atoms with Gasteiger partial charge in [-0.05, 0) is 40.8 Å². The molecule has 0 radical (unpaired) electrons. The van der Waals surface area contributed by atoms with Gasteiger partial charge in [0.05, 0.1) is 0 Å². The molecule has 0 heterocycles. The predicted octanol–water partition coefficient (Wildman–Crippen LogP) is 6.02. The lowest BCUT2D eigenvalue weighted by Gasteiger charge is -2.15. The van der Waals surface area contributed by atoms with Crippen molar-refractivity contribution >= 4 is 0 Å². The highest BCUT2D eigenvalue weighted by atomic mass is 16.3. The van der Waals surface area contributed by atoms with Crippen LogP contribution in [-0.4, -0.2) is 10.2 Å². The number of hydrogen-bond donors (Lipinski definition) is 2. The van der Waals surface area contributed by atoms with E-state index in [9.17, 15) is 10.2 Å². The smallest absolute Gasteiger partial charge is 0.123 e. The van der Waals surface area contributed by atoms with Gasteiger partial charge in [0.1, 0.15) is 11.5 Å². The van der Waals surface area contributed by atoms with Crippen LogP contribution in [0.1, 0.15) is 11.1 Å². The number of benzene rings is 4. The number of phenols is 2. The van der Waals surface area contributed by atoms with Crippen molar-refractivity contribution < 1.29 is 10.2 Å². The fraction of sp³-hybridized carbons (Fsp3) is 0.0400. The van der Waals surface area contributed by atoms with Crippen LogP contribution >= 0.6 is 0 Å². The summed E-state index contributed by atoms with van der Waals surface area (Å²) in [6, 6.07) is 31.0. The molecule has 4 aromatic carbocycles. The van der Waals surface area contributed by atoms with Crippen LogP contribution in [0.25, 0.3) is 22.3 Å². The van der Waals surface area contributed by atoms with Crippen molar-refractivity contribution in [1.29, 1.82) is 0 Å². The summed E-state index contributed by atoms with van der Waals surface area (Å²) in [7, 11) is 0. The Bertz CT molecular complexity index is 967. The van der Waals surface area contributed by atoms with E-state index in [0.29, 0.717) is 6.42 Å². The monoisotopic (exact) mass is 352 g/mol. The first-order chi connectivity index (χ1) is 13.2. The summed E-state index contributed by atoms with van der Waals surface area (Å²) < 4.78 is 0. The highest BCUT2D eigenvalue weighted by Crippen LogP contribution is 2.37. The molecular formula is C25H20O2. The summed E-state index contributed by atoms with van der Waals surface area (Å²) in [4.78, 5) is 0. The van der Waals surface area contributed by atoms with Crippen molar-refractivity contribution in [2.24, 2.45) is 0 Å². The molecule has 0 bridgehead atoms. The van der Waals surface area contributed by atoms with E-state index >= 15 is 0 Å². The van der Waals surface area contributed by atoms with E-state index in [0.717, 1.165) is 33.4 Å². The maximum absolute atomic E-state index is 10.5. The summed E-state index contributed by atoms with van der Waals surface area (Å²) in [5.74, 6) is 0.528. The quantitative estimate of drug-likeness (QED) is 0.471. The second-order valence-electron chi connectivity index (χ2n) is 6.53. The summed E-state index contributed by atoms with van der Waals surface area (Å²) in [5, 5.41) is 21.0. The molecule has 0 saturated carbocycles. The summed E-state index contributed by atoms with van der Waals surface area (Å²) in [6.07, 6.45) is 0.608. The van der Waals surface area contributed by atoms with Gasteiger partial charge < -0.3 is 10.2 Å². The molecule has 0 aliphatic heterocycles. The summed E-state index contributed by atoms with van der Waals surface area (Å²) >= 11 is 0. The minimum Gasteiger partial charge on any atom is -0.507 e. The van der Waals surface area contributed by atoms with E-state index in [1.54, 1.807) is 12.1 Å². The third-order valence-corrected chi connectivity index (χ3v) is 4.76. The SMILES string of the molecule is Oc1cccc(Cc2cccc(O)c2-c2ccccc2)c1-c1ccccc1. The molecule has 0 aromatic heterocycles. The highest BCUT2D eigenvalue weighted by molar-refractivity contribution is 5.77. The van der Waals surface area contributed by atoms with E-state index < -0.39 is 0 Å². The van der Waals surface area contributed by atoms with Crippen LogP contribution in [0.4, 0.5) is 0 Å². The van der Waals surface area contributed by atoms with Crippen molar-refractivity contribution in [1.82, 2.24) is 0 Å². The van der Waals surface area contributed by atoms with Gasteiger partial charge in [-0.3, -0.25) is 0 Å². The van der Waals surface area contributed by atoms with Crippen molar-refractivity contribution in [2.75, 3.05) is 0 Å². The first-order valence-corrected chi connectivity index (χ1v) is 8.96. The molecule has 0 aliphatic carbocycles. The van der Waals surface area contributed by atoms with Crippen LogP contribution in [0.3, 0.4) is 0 Å². The average molecular weight is 352 g/mol. The third kappa shape index (κ3) is 3.42. The molecule has 2 N–H and O–H groups in total. The van der Waals surface area contributed by atoms with E-state index in [2.05, 4.69) is 0 Å². The molecule has 0 atom stereocenters. The molecule has 2 nitrogen and oxygen atoms in total. The Morgan fingerprint density at radius 3 is 1.26 bits per heavy atom. The Morgan fingerprint density at radius 1 is 0.444 bits per heavy atom. The molecule has 4 aromatic rings. The number of rotatable bonds is 4. The number of hydrogen-bond acceptors (Lipinski definition) is 2. The first-order valence-electron chi connectivity index (χ1n) is 8.96. The van der Waals surface area contributed by atoms with Gasteiger partial charge in [-0.1, -0.05) is 84.9 Å². The van der Waals surface area contributed by atoms with Crippen LogP contribution in [0.15, 0.2) is 97.1 Å². The Hall–Kier alpha value is -3.52. The lowest BCUT2D eigenvalue weighted by molar-refractivity contribution is 0.476. The van der Waals surface area contributed by atoms with E-state index in [4.69, 9.17) is 0 Å². The maximum Gasteiger partial charge on any atom is 0.123 e. The van der Waals surface area contributed by atoms with Crippen molar-refractivity contribution in [2.45, 2.75) is 6.42 Å². The summed E-state index contributed by atoms with van der Waals surface area (Å²) in [5.41, 5.74) is 5.66. The van der Waals surface area contributed by atoms with Gasteiger partial charge in [-0.2, -0.15) is 0 Å². The second kappa shape index (κ2) is 7.38. The molecular weight excluding hydrogens is 332 g/mol. The molecule has 132 valence electrons. The van der Waals surface area contributed by atoms with Gasteiger partial charge in [0.15, 0.2) is 0 Å². The van der Waals surface area contributed by atoms with Gasteiger partial charge in [-0.15, -0.1) is 0 Å². The Balaban J connectivity index is 1.84. The van der Waals surface area contributed by atoms with E-state index in [-0.39, 0.29) is 11.5 Å². The second-order valence-corrected chi connectivity index (χ2v) is 6.53. The first kappa shape index (κ1) is 16.9. The fourth-order valence-corrected chi connectivity index (χ4v) is 3.55. The van der Waals surface area contributed by atoms with Crippen LogP contribution in [0.2, 0.25) is 0 Å². The van der Waals surface area contributed by atoms with Gasteiger partial charge >= 0.3 is 0 Å². The normalized spacial score (nSPS) is 10.7. The molecule has 4 rings (SSSR count). The molecule has 0 saturated heterocycles. The number of phenolic OH excluding ortho intramolecular Hbond substituents is 2. The lowest BCUT2D eigenvalue weighted by atomic mass is 9.90. The molecule has 2 heteroatoms. The van der Waals surface area contributed by atoms with Gasteiger partial charge in [0.2, 0.25) is 0 Å². The molecule has 0 amide bonds. The Morgan fingerprint density at radius 2 is 0.852 bits per heavy atom. The largest absolute Gasteiger partial charge is 0.507 e. The van der Waals surface area contributed by atoms with Crippen molar-refractivity contribution in [3.63, 3.8) is 0 Å². The van der Waals surface area contributed by atoms with Crippen LogP contribution in [-0.2, 0) is 6.42 Å². The standard InChI is InChI=1S/C25H20O2/c26-22-15-7-13-20(24(22)18-9-3-1-4-10-18)17-21-14-8-16-23(27)25(21)19-11-5-2-6-12-19/h1-16,26-27H,17H2. The zero-order valence-electron chi connectivity index (χ0n) is 14.8. The van der Waals surface area contributed by atoms with Crippen molar-refractivity contribution in [3.05, 3.63) is 108 Å². The minimum atomic E-state index is 0.264. The topological polar surface area (TPSA) is 40.5 Å². The molecule has 27 heavy (non-hydrogen) atoms. The number of aromatic hydroxyl groups is 2. The van der Waals surface area contributed by atoms with Gasteiger partial charge in [-0.25, -0.2) is 0 Å². The Kier molecular flexibility index (Phi) is 4.63. The van der Waals surface area contributed by atoms with Gasteiger partial charge in [0.25, 0.3) is 0 Å².